The molecule has 0 fully saturated rings. The second kappa shape index (κ2) is 17.5. The predicted octanol–water partition coefficient (Wildman–Crippen LogP) is 6.88. The van der Waals surface area contributed by atoms with Crippen molar-refractivity contribution in [1.82, 2.24) is 0 Å². The molecular weight excluding hydrogens is 256 g/mol. The monoisotopic (exact) mass is 294 g/mol. The molecule has 1 nitrogen and oxygen atoms in total. The van der Waals surface area contributed by atoms with Gasteiger partial charge in [-0.15, -0.1) is 0 Å². The predicted molar refractivity (Wildman–Crippen MR) is 94.4 cm³/mol. The molecule has 0 saturated heterocycles. The fourth-order valence-corrected chi connectivity index (χ4v) is 2.80. The lowest BCUT2D eigenvalue weighted by Gasteiger charge is -2.04. The van der Waals surface area contributed by atoms with Gasteiger partial charge in [-0.2, -0.15) is 0 Å². The van der Waals surface area contributed by atoms with Crippen LogP contribution < -0.4 is 0 Å². The number of unbranched alkanes of at least 4 members (excludes halogenated alkanes) is 13. The van der Waals surface area contributed by atoms with Gasteiger partial charge in [0.2, 0.25) is 0 Å². The van der Waals surface area contributed by atoms with E-state index in [9.17, 15) is 4.79 Å². The van der Waals surface area contributed by atoms with E-state index in [1.54, 1.807) is 6.08 Å². The van der Waals surface area contributed by atoms with Crippen molar-refractivity contribution in [2.24, 2.45) is 5.92 Å². The first-order valence-corrected chi connectivity index (χ1v) is 9.46. The van der Waals surface area contributed by atoms with Crippen LogP contribution in [0.3, 0.4) is 0 Å². The van der Waals surface area contributed by atoms with Gasteiger partial charge in [-0.25, -0.2) is 4.79 Å². The average molecular weight is 295 g/mol. The van der Waals surface area contributed by atoms with Crippen LogP contribution in [0.5, 0.6) is 0 Å². The van der Waals surface area contributed by atoms with E-state index >= 15 is 0 Å². The zero-order chi connectivity index (χ0) is 15.6. The Hall–Kier alpha value is -0.550. The van der Waals surface area contributed by atoms with E-state index in [1.807, 2.05) is 5.94 Å². The lowest BCUT2D eigenvalue weighted by Crippen LogP contribution is -1.87. The Bertz CT molecular complexity index is 238. The van der Waals surface area contributed by atoms with Gasteiger partial charge in [0.05, 0.1) is 0 Å². The summed E-state index contributed by atoms with van der Waals surface area (Å²) in [5.41, 5.74) is 0. The van der Waals surface area contributed by atoms with Crippen LogP contribution in [0.4, 0.5) is 0 Å². The Kier molecular flexibility index (Phi) is 17.0. The molecule has 0 amide bonds. The van der Waals surface area contributed by atoms with Gasteiger partial charge in [0.15, 0.2) is 0 Å². The van der Waals surface area contributed by atoms with Crippen molar-refractivity contribution in [3.63, 3.8) is 0 Å². The molecule has 21 heavy (non-hydrogen) atoms. The van der Waals surface area contributed by atoms with Gasteiger partial charge in [-0.05, 0) is 24.8 Å². The smallest absolute Gasteiger partial charge is 0.120 e. The third-order valence-electron chi connectivity index (χ3n) is 4.21. The number of hydrogen-bond acceptors (Lipinski definition) is 1. The number of carbonyl (C=O) groups excluding carboxylic acids is 1. The molecule has 0 radical (unpaired) electrons. The fourth-order valence-electron chi connectivity index (χ4n) is 2.80. The molecule has 0 bridgehead atoms. The summed E-state index contributed by atoms with van der Waals surface area (Å²) >= 11 is 0. The molecule has 0 aliphatic carbocycles. The average Bonchev–Trinajstić information content (AvgIpc) is 2.46. The van der Waals surface area contributed by atoms with Crippen LogP contribution >= 0.6 is 0 Å². The Morgan fingerprint density at radius 3 is 1.43 bits per heavy atom. The van der Waals surface area contributed by atoms with Crippen LogP contribution in [-0.2, 0) is 4.79 Å². The van der Waals surface area contributed by atoms with E-state index in [1.165, 1.54) is 83.5 Å². The normalized spacial score (nSPS) is 10.8. The molecule has 0 atom stereocenters. The minimum absolute atomic E-state index is 0.881. The summed E-state index contributed by atoms with van der Waals surface area (Å²) in [6.07, 6.45) is 22.0. The molecule has 0 aliphatic rings. The Balaban J connectivity index is 2.98. The van der Waals surface area contributed by atoms with Gasteiger partial charge in [-0.3, -0.25) is 0 Å². The summed E-state index contributed by atoms with van der Waals surface area (Å²) in [6, 6.07) is 0. The van der Waals surface area contributed by atoms with E-state index in [-0.39, 0.29) is 0 Å². The Labute approximate surface area is 133 Å². The molecule has 1 heteroatoms. The van der Waals surface area contributed by atoms with E-state index in [4.69, 9.17) is 0 Å². The van der Waals surface area contributed by atoms with Crippen LogP contribution in [0.15, 0.2) is 6.08 Å². The highest BCUT2D eigenvalue weighted by Crippen LogP contribution is 2.14. The Morgan fingerprint density at radius 2 is 1.05 bits per heavy atom. The second-order valence-corrected chi connectivity index (χ2v) is 6.89. The van der Waals surface area contributed by atoms with Crippen LogP contribution in [-0.4, -0.2) is 5.94 Å². The van der Waals surface area contributed by atoms with Gasteiger partial charge in [0, 0.05) is 0 Å². The first-order chi connectivity index (χ1) is 10.3. The summed E-state index contributed by atoms with van der Waals surface area (Å²) in [5.74, 6) is 2.73. The largest absolute Gasteiger partial charge is 0.234 e. The van der Waals surface area contributed by atoms with Gasteiger partial charge >= 0.3 is 0 Å². The maximum atomic E-state index is 9.99. The van der Waals surface area contributed by atoms with Crippen molar-refractivity contribution in [3.05, 3.63) is 6.08 Å². The fraction of sp³-hybridized carbons (Fsp3) is 0.900. The summed E-state index contributed by atoms with van der Waals surface area (Å²) in [4.78, 5) is 9.99. The van der Waals surface area contributed by atoms with E-state index in [0.29, 0.717) is 0 Å². The highest BCUT2D eigenvalue weighted by molar-refractivity contribution is 5.44. The number of allylic oxidation sites excluding steroid dienone is 1. The summed E-state index contributed by atoms with van der Waals surface area (Å²) < 4.78 is 0. The zero-order valence-corrected chi connectivity index (χ0v) is 14.7. The van der Waals surface area contributed by atoms with Crippen LogP contribution in [0.25, 0.3) is 0 Å². The summed E-state index contributed by atoms with van der Waals surface area (Å²) in [5, 5.41) is 0. The third kappa shape index (κ3) is 19.4. The molecule has 0 rings (SSSR count). The lowest BCUT2D eigenvalue weighted by atomic mass is 10.0. The van der Waals surface area contributed by atoms with Crippen molar-refractivity contribution in [2.75, 3.05) is 0 Å². The lowest BCUT2D eigenvalue weighted by molar-refractivity contribution is 0.503. The minimum Gasteiger partial charge on any atom is -0.234 e. The van der Waals surface area contributed by atoms with Crippen molar-refractivity contribution in [3.8, 4) is 0 Å². The maximum Gasteiger partial charge on any atom is 0.120 e. The van der Waals surface area contributed by atoms with Crippen LogP contribution in [0.1, 0.15) is 110 Å². The molecule has 0 aromatic carbocycles. The van der Waals surface area contributed by atoms with Gasteiger partial charge < -0.3 is 0 Å². The molecular formula is C20H38O. The first-order valence-electron chi connectivity index (χ1n) is 9.46. The van der Waals surface area contributed by atoms with E-state index in [0.717, 1.165) is 18.8 Å². The quantitative estimate of drug-likeness (QED) is 0.224. The van der Waals surface area contributed by atoms with Crippen molar-refractivity contribution in [2.45, 2.75) is 110 Å². The maximum absolute atomic E-state index is 9.99. The topological polar surface area (TPSA) is 17.1 Å². The highest BCUT2D eigenvalue weighted by Gasteiger charge is 1.95. The molecule has 0 heterocycles. The van der Waals surface area contributed by atoms with E-state index in [2.05, 4.69) is 13.8 Å². The second-order valence-electron chi connectivity index (χ2n) is 6.89. The number of rotatable bonds is 16. The Morgan fingerprint density at radius 1 is 0.667 bits per heavy atom. The summed E-state index contributed by atoms with van der Waals surface area (Å²) in [7, 11) is 0. The molecule has 0 N–H and O–H groups in total. The van der Waals surface area contributed by atoms with E-state index < -0.39 is 0 Å². The van der Waals surface area contributed by atoms with Crippen LogP contribution in [0, 0.1) is 5.92 Å². The standard InChI is InChI=1S/C20H38O/c1-20(2)18-16-14-12-10-8-6-4-3-5-7-9-11-13-15-17-19-21/h17,20H,3-16,18H2,1-2H3. The molecule has 124 valence electrons. The van der Waals surface area contributed by atoms with Crippen molar-refractivity contribution >= 4 is 5.94 Å². The van der Waals surface area contributed by atoms with Crippen molar-refractivity contribution < 1.29 is 4.79 Å². The van der Waals surface area contributed by atoms with Gasteiger partial charge in [0.25, 0.3) is 0 Å². The first kappa shape index (κ1) is 20.5. The van der Waals surface area contributed by atoms with Gasteiger partial charge in [-0.1, -0.05) is 97.3 Å². The SMILES string of the molecule is CC(C)CCCCCCCCCCCCCCCC=C=O. The van der Waals surface area contributed by atoms with Crippen LogP contribution in [0.2, 0.25) is 0 Å². The molecule has 0 saturated carbocycles. The number of hydrogen-bond donors (Lipinski definition) is 0. The van der Waals surface area contributed by atoms with Gasteiger partial charge in [0.1, 0.15) is 5.94 Å². The van der Waals surface area contributed by atoms with Crippen molar-refractivity contribution in [1.29, 1.82) is 0 Å². The highest BCUT2D eigenvalue weighted by atomic mass is 16.1. The molecule has 0 aromatic rings. The molecule has 0 aromatic heterocycles. The molecule has 0 unspecified atom stereocenters. The third-order valence-corrected chi connectivity index (χ3v) is 4.21. The molecule has 0 aliphatic heterocycles. The minimum atomic E-state index is 0.881. The summed E-state index contributed by atoms with van der Waals surface area (Å²) in [6.45, 7) is 4.64. The molecule has 0 spiro atoms. The zero-order valence-electron chi connectivity index (χ0n) is 14.7.